The molecule has 1 aliphatic rings. The van der Waals surface area contributed by atoms with Gasteiger partial charge >= 0.3 is 0 Å². The molecule has 0 bridgehead atoms. The zero-order valence-corrected chi connectivity index (χ0v) is 11.6. The van der Waals surface area contributed by atoms with Crippen LogP contribution >= 0.6 is 11.6 Å². The lowest BCUT2D eigenvalue weighted by Gasteiger charge is -2.27. The normalized spacial score (nSPS) is 17.1. The summed E-state index contributed by atoms with van der Waals surface area (Å²) in [4.78, 5) is 2.43. The predicted molar refractivity (Wildman–Crippen MR) is 73.8 cm³/mol. The Morgan fingerprint density at radius 3 is 2.72 bits per heavy atom. The zero-order valence-electron chi connectivity index (χ0n) is 10.8. The van der Waals surface area contributed by atoms with Crippen molar-refractivity contribution < 1.29 is 4.39 Å². The van der Waals surface area contributed by atoms with Gasteiger partial charge in [0.05, 0.1) is 5.02 Å². The smallest absolute Gasteiger partial charge is 0.144 e. The van der Waals surface area contributed by atoms with Crippen molar-refractivity contribution in [3.8, 4) is 0 Å². The first-order chi connectivity index (χ1) is 8.70. The van der Waals surface area contributed by atoms with Crippen molar-refractivity contribution in [3.63, 3.8) is 0 Å². The second-order valence-corrected chi connectivity index (χ2v) is 5.15. The Morgan fingerprint density at radius 1 is 1.33 bits per heavy atom. The van der Waals surface area contributed by atoms with Gasteiger partial charge in [-0.25, -0.2) is 4.39 Å². The van der Waals surface area contributed by atoms with Gasteiger partial charge in [-0.3, -0.25) is 0 Å². The van der Waals surface area contributed by atoms with Crippen molar-refractivity contribution >= 4 is 11.6 Å². The topological polar surface area (TPSA) is 15.3 Å². The van der Waals surface area contributed by atoms with Crippen LogP contribution in [0.3, 0.4) is 0 Å². The molecular formula is C14H20ClFN2. The van der Waals surface area contributed by atoms with Crippen molar-refractivity contribution in [2.45, 2.75) is 19.8 Å². The quantitative estimate of drug-likeness (QED) is 0.904. The highest BCUT2D eigenvalue weighted by Gasteiger charge is 2.11. The maximum atomic E-state index is 13.6. The number of nitrogens with zero attached hydrogens (tertiary/aromatic N) is 1. The van der Waals surface area contributed by atoms with Crippen LogP contribution in [-0.2, 0) is 12.8 Å². The highest BCUT2D eigenvalue weighted by molar-refractivity contribution is 6.30. The molecule has 0 radical (unpaired) electrons. The third-order valence-corrected chi connectivity index (χ3v) is 3.75. The van der Waals surface area contributed by atoms with Crippen molar-refractivity contribution in [3.05, 3.63) is 34.1 Å². The van der Waals surface area contributed by atoms with Gasteiger partial charge in [-0.15, -0.1) is 0 Å². The first-order valence-electron chi connectivity index (χ1n) is 6.60. The lowest BCUT2D eigenvalue weighted by Crippen LogP contribution is -2.44. The van der Waals surface area contributed by atoms with E-state index in [1.54, 1.807) is 6.07 Å². The van der Waals surface area contributed by atoms with Gasteiger partial charge in [0.2, 0.25) is 0 Å². The standard InChI is InChI=1S/C14H20ClFN2/c1-2-12-9-11(10-13(15)14(12)16)3-6-18-7-4-17-5-8-18/h9-10,17H,2-8H2,1H3. The maximum absolute atomic E-state index is 13.6. The van der Waals surface area contributed by atoms with E-state index >= 15 is 0 Å². The van der Waals surface area contributed by atoms with Crippen molar-refractivity contribution in [1.82, 2.24) is 10.2 Å². The largest absolute Gasteiger partial charge is 0.314 e. The van der Waals surface area contributed by atoms with Crippen LogP contribution in [0, 0.1) is 5.82 Å². The van der Waals surface area contributed by atoms with Gasteiger partial charge in [0, 0.05) is 32.7 Å². The Hall–Kier alpha value is -0.640. The minimum Gasteiger partial charge on any atom is -0.314 e. The molecule has 100 valence electrons. The molecule has 1 N–H and O–H groups in total. The molecule has 18 heavy (non-hydrogen) atoms. The summed E-state index contributed by atoms with van der Waals surface area (Å²) < 4.78 is 13.6. The zero-order chi connectivity index (χ0) is 13.0. The van der Waals surface area contributed by atoms with Gasteiger partial charge in [-0.05, 0) is 30.0 Å². The second kappa shape index (κ2) is 6.50. The molecule has 0 amide bonds. The fourth-order valence-corrected chi connectivity index (χ4v) is 2.59. The van der Waals surface area contributed by atoms with Crippen molar-refractivity contribution in [1.29, 1.82) is 0 Å². The molecule has 0 unspecified atom stereocenters. The number of hydrogen-bond donors (Lipinski definition) is 1. The minimum absolute atomic E-state index is 0.254. The van der Waals surface area contributed by atoms with Crippen LogP contribution in [0.25, 0.3) is 0 Å². The molecule has 1 heterocycles. The fraction of sp³-hybridized carbons (Fsp3) is 0.571. The summed E-state index contributed by atoms with van der Waals surface area (Å²) in [5, 5.41) is 3.59. The molecule has 1 aromatic carbocycles. The van der Waals surface area contributed by atoms with Crippen LogP contribution in [-0.4, -0.2) is 37.6 Å². The van der Waals surface area contributed by atoms with Gasteiger partial charge in [0.1, 0.15) is 5.82 Å². The molecule has 2 rings (SSSR count). The van der Waals surface area contributed by atoms with E-state index in [4.69, 9.17) is 11.6 Å². The van der Waals surface area contributed by atoms with Crippen molar-refractivity contribution in [2.24, 2.45) is 0 Å². The van der Waals surface area contributed by atoms with E-state index in [1.165, 1.54) is 0 Å². The van der Waals surface area contributed by atoms with E-state index in [0.29, 0.717) is 6.42 Å². The van der Waals surface area contributed by atoms with Gasteiger partial charge < -0.3 is 10.2 Å². The van der Waals surface area contributed by atoms with E-state index in [-0.39, 0.29) is 10.8 Å². The molecule has 1 saturated heterocycles. The third kappa shape index (κ3) is 3.44. The molecule has 1 fully saturated rings. The monoisotopic (exact) mass is 270 g/mol. The molecular weight excluding hydrogens is 251 g/mol. The molecule has 0 aromatic heterocycles. The SMILES string of the molecule is CCc1cc(CCN2CCNCC2)cc(Cl)c1F. The molecule has 0 atom stereocenters. The summed E-state index contributed by atoms with van der Waals surface area (Å²) in [5.41, 5.74) is 1.86. The number of benzene rings is 1. The first kappa shape index (κ1) is 13.8. The van der Waals surface area contributed by atoms with Crippen LogP contribution in [0.5, 0.6) is 0 Å². The molecule has 0 saturated carbocycles. The average Bonchev–Trinajstić information content (AvgIpc) is 2.41. The number of nitrogens with one attached hydrogen (secondary N) is 1. The summed E-state index contributed by atoms with van der Waals surface area (Å²) in [6.07, 6.45) is 1.63. The second-order valence-electron chi connectivity index (χ2n) is 4.75. The van der Waals surface area contributed by atoms with Crippen LogP contribution in [0.2, 0.25) is 5.02 Å². The summed E-state index contributed by atoms with van der Waals surface area (Å²) >= 11 is 5.92. The third-order valence-electron chi connectivity index (χ3n) is 3.47. The van der Waals surface area contributed by atoms with Crippen LogP contribution in [0.4, 0.5) is 4.39 Å². The Labute approximate surface area is 113 Å². The number of aryl methyl sites for hydroxylation is 1. The number of halogens is 2. The Morgan fingerprint density at radius 2 is 2.06 bits per heavy atom. The van der Waals surface area contributed by atoms with E-state index in [1.807, 2.05) is 13.0 Å². The Kier molecular flexibility index (Phi) is 4.98. The average molecular weight is 271 g/mol. The number of rotatable bonds is 4. The molecule has 2 nitrogen and oxygen atoms in total. The lowest BCUT2D eigenvalue weighted by molar-refractivity contribution is 0.244. The van der Waals surface area contributed by atoms with E-state index in [2.05, 4.69) is 10.2 Å². The predicted octanol–water partition coefficient (Wildman–Crippen LogP) is 2.49. The van der Waals surface area contributed by atoms with Crippen molar-refractivity contribution in [2.75, 3.05) is 32.7 Å². The highest BCUT2D eigenvalue weighted by atomic mass is 35.5. The summed E-state index contributed by atoms with van der Waals surface area (Å²) in [6, 6.07) is 3.71. The molecule has 0 spiro atoms. The summed E-state index contributed by atoms with van der Waals surface area (Å²) in [7, 11) is 0. The van der Waals surface area contributed by atoms with E-state index < -0.39 is 0 Å². The maximum Gasteiger partial charge on any atom is 0.144 e. The Balaban J connectivity index is 1.98. The van der Waals surface area contributed by atoms with E-state index in [9.17, 15) is 4.39 Å². The summed E-state index contributed by atoms with van der Waals surface area (Å²) in [5.74, 6) is -0.259. The van der Waals surface area contributed by atoms with Gasteiger partial charge in [-0.2, -0.15) is 0 Å². The fourth-order valence-electron chi connectivity index (χ4n) is 2.33. The molecule has 4 heteroatoms. The molecule has 1 aromatic rings. The van der Waals surface area contributed by atoms with Gasteiger partial charge in [0.25, 0.3) is 0 Å². The lowest BCUT2D eigenvalue weighted by atomic mass is 10.1. The minimum atomic E-state index is -0.259. The molecule has 1 aliphatic heterocycles. The first-order valence-corrected chi connectivity index (χ1v) is 6.98. The number of piperazine rings is 1. The van der Waals surface area contributed by atoms with E-state index in [0.717, 1.165) is 50.3 Å². The van der Waals surface area contributed by atoms with Crippen LogP contribution < -0.4 is 5.32 Å². The number of hydrogen-bond acceptors (Lipinski definition) is 2. The van der Waals surface area contributed by atoms with Crippen LogP contribution in [0.15, 0.2) is 12.1 Å². The summed E-state index contributed by atoms with van der Waals surface area (Å²) in [6.45, 7) is 7.28. The van der Waals surface area contributed by atoms with Crippen LogP contribution in [0.1, 0.15) is 18.1 Å². The molecule has 0 aliphatic carbocycles. The van der Waals surface area contributed by atoms with Gasteiger partial charge in [-0.1, -0.05) is 24.6 Å². The highest BCUT2D eigenvalue weighted by Crippen LogP contribution is 2.21. The Bertz CT molecular complexity index is 403. The van der Waals surface area contributed by atoms with Gasteiger partial charge in [0.15, 0.2) is 0 Å².